The summed E-state index contributed by atoms with van der Waals surface area (Å²) in [5.74, 6) is -0.519. The van der Waals surface area contributed by atoms with E-state index in [0.29, 0.717) is 18.5 Å². The van der Waals surface area contributed by atoms with Gasteiger partial charge in [-0.1, -0.05) is 18.9 Å². The van der Waals surface area contributed by atoms with Crippen molar-refractivity contribution in [2.45, 2.75) is 56.8 Å². The number of halogens is 4. The van der Waals surface area contributed by atoms with E-state index in [4.69, 9.17) is 0 Å². The number of aryl methyl sites for hydroxylation is 1. The van der Waals surface area contributed by atoms with E-state index in [1.165, 1.54) is 6.07 Å². The van der Waals surface area contributed by atoms with Crippen LogP contribution >= 0.6 is 12.4 Å². The first-order chi connectivity index (χ1) is 16.2. The molecule has 0 unspecified atom stereocenters. The second kappa shape index (κ2) is 10.9. The number of carbonyl (C=O) groups is 2. The molecule has 1 fully saturated rings. The first-order valence-corrected chi connectivity index (χ1v) is 11.5. The minimum Gasteiger partial charge on any atom is -0.380 e. The fourth-order valence-electron chi connectivity index (χ4n) is 4.79. The molecule has 2 amide bonds. The molecule has 0 radical (unpaired) electrons. The topological polar surface area (TPSA) is 73.5 Å². The average molecular weight is 511 g/mol. The molecule has 1 saturated carbocycles. The fourth-order valence-corrected chi connectivity index (χ4v) is 4.79. The van der Waals surface area contributed by atoms with Gasteiger partial charge < -0.3 is 20.9 Å². The van der Waals surface area contributed by atoms with Crippen LogP contribution in [-0.4, -0.2) is 38.0 Å². The monoisotopic (exact) mass is 510 g/mol. The second-order valence-corrected chi connectivity index (χ2v) is 8.94. The molecule has 3 N–H and O–H groups in total. The summed E-state index contributed by atoms with van der Waals surface area (Å²) in [6.07, 6.45) is 0.283. The third-order valence-corrected chi connectivity index (χ3v) is 6.76. The van der Waals surface area contributed by atoms with Gasteiger partial charge in [0.25, 0.3) is 5.91 Å². The van der Waals surface area contributed by atoms with Gasteiger partial charge in [0.2, 0.25) is 5.91 Å². The zero-order valence-corrected chi connectivity index (χ0v) is 20.5. The number of anilines is 3. The number of benzene rings is 2. The largest absolute Gasteiger partial charge is 0.416 e. The summed E-state index contributed by atoms with van der Waals surface area (Å²) in [6.45, 7) is 0. The third kappa shape index (κ3) is 5.90. The second-order valence-electron chi connectivity index (χ2n) is 8.94. The van der Waals surface area contributed by atoms with Crippen molar-refractivity contribution in [3.05, 3.63) is 53.1 Å². The molecule has 35 heavy (non-hydrogen) atoms. The van der Waals surface area contributed by atoms with Crippen molar-refractivity contribution in [2.24, 2.45) is 0 Å². The van der Waals surface area contributed by atoms with E-state index < -0.39 is 17.6 Å². The molecule has 4 rings (SSSR count). The van der Waals surface area contributed by atoms with Crippen molar-refractivity contribution in [3.8, 4) is 0 Å². The minimum atomic E-state index is -4.52. The summed E-state index contributed by atoms with van der Waals surface area (Å²) in [7, 11) is 3.52. The number of hydrogen-bond acceptors (Lipinski definition) is 4. The van der Waals surface area contributed by atoms with E-state index in [9.17, 15) is 22.8 Å². The molecule has 2 aromatic rings. The maximum absolute atomic E-state index is 13.4. The summed E-state index contributed by atoms with van der Waals surface area (Å²) in [5, 5.41) is 9.23. The van der Waals surface area contributed by atoms with Gasteiger partial charge in [-0.25, -0.2) is 0 Å². The molecule has 0 spiro atoms. The van der Waals surface area contributed by atoms with E-state index in [2.05, 4.69) is 16.0 Å². The zero-order chi connectivity index (χ0) is 24.5. The molecule has 1 aliphatic carbocycles. The quantitative estimate of drug-likeness (QED) is 0.515. The number of hydrogen-bond donors (Lipinski definition) is 3. The number of likely N-dealkylation sites (N-methyl/N-ethyl adjacent to an activating group) is 1. The minimum absolute atomic E-state index is 0. The van der Waals surface area contributed by atoms with Gasteiger partial charge in [0, 0.05) is 42.6 Å². The summed E-state index contributed by atoms with van der Waals surface area (Å²) < 4.78 is 40.3. The molecule has 1 heterocycles. The van der Waals surface area contributed by atoms with Crippen molar-refractivity contribution in [3.63, 3.8) is 0 Å². The van der Waals surface area contributed by atoms with Crippen LogP contribution < -0.4 is 20.9 Å². The van der Waals surface area contributed by atoms with Crippen LogP contribution in [0.3, 0.4) is 0 Å². The summed E-state index contributed by atoms with van der Waals surface area (Å²) in [5.41, 5.74) is 1.69. The summed E-state index contributed by atoms with van der Waals surface area (Å²) >= 11 is 0. The molecular weight excluding hydrogens is 481 g/mol. The molecule has 2 aromatic carbocycles. The molecule has 10 heteroatoms. The lowest BCUT2D eigenvalue weighted by Gasteiger charge is -2.33. The first-order valence-electron chi connectivity index (χ1n) is 11.5. The number of nitrogens with zero attached hydrogens (tertiary/aromatic N) is 1. The normalized spacial score (nSPS) is 20.0. The van der Waals surface area contributed by atoms with Crippen molar-refractivity contribution in [1.82, 2.24) is 5.32 Å². The van der Waals surface area contributed by atoms with Gasteiger partial charge in [-0.15, -0.1) is 12.4 Å². The predicted molar refractivity (Wildman–Crippen MR) is 134 cm³/mol. The van der Waals surface area contributed by atoms with Gasteiger partial charge >= 0.3 is 6.18 Å². The number of nitrogens with one attached hydrogen (secondary N) is 3. The Morgan fingerprint density at radius 1 is 1.03 bits per heavy atom. The smallest absolute Gasteiger partial charge is 0.380 e. The highest BCUT2D eigenvalue weighted by molar-refractivity contribution is 6.08. The van der Waals surface area contributed by atoms with Crippen LogP contribution in [-0.2, 0) is 17.4 Å². The molecule has 0 saturated heterocycles. The predicted octanol–water partition coefficient (Wildman–Crippen LogP) is 5.23. The van der Waals surface area contributed by atoms with Crippen molar-refractivity contribution >= 4 is 41.3 Å². The Bertz CT molecular complexity index is 1090. The van der Waals surface area contributed by atoms with Crippen LogP contribution in [0.2, 0.25) is 0 Å². The average Bonchev–Trinajstić information content (AvgIpc) is 2.81. The first kappa shape index (κ1) is 26.8. The van der Waals surface area contributed by atoms with Crippen LogP contribution in [0.25, 0.3) is 0 Å². The molecule has 0 aromatic heterocycles. The van der Waals surface area contributed by atoms with E-state index in [1.807, 2.05) is 13.1 Å². The molecule has 0 bridgehead atoms. The summed E-state index contributed by atoms with van der Waals surface area (Å²) in [4.78, 5) is 26.8. The van der Waals surface area contributed by atoms with Crippen molar-refractivity contribution < 1.29 is 22.8 Å². The maximum atomic E-state index is 13.4. The van der Waals surface area contributed by atoms with Crippen LogP contribution in [0.4, 0.5) is 30.2 Å². The van der Waals surface area contributed by atoms with Crippen LogP contribution in [0, 0.1) is 0 Å². The molecule has 190 valence electrons. The maximum Gasteiger partial charge on any atom is 0.416 e. The molecule has 2 aliphatic rings. The van der Waals surface area contributed by atoms with Gasteiger partial charge in [-0.05, 0) is 62.2 Å². The Morgan fingerprint density at radius 3 is 2.43 bits per heavy atom. The highest BCUT2D eigenvalue weighted by Crippen LogP contribution is 2.34. The van der Waals surface area contributed by atoms with E-state index in [1.54, 1.807) is 24.1 Å². The standard InChI is InChI=1S/C25H29F3N4O2.ClH/c1-29-19-5-3-4-6-20(19)31-21-13-16(25(26,27)28)9-11-18(21)24(34)30-17-10-7-15-8-12-23(33)32(2)22(15)14-17;/h7,9-11,13-14,19-20,29,31H,3-6,8,12H2,1-2H3,(H,30,34);1H/t19-,20-;/m0./s1. The zero-order valence-electron chi connectivity index (χ0n) is 19.7. The molecule has 2 atom stereocenters. The SMILES string of the molecule is CN[C@H]1CCCC[C@@H]1Nc1cc(C(F)(F)F)ccc1C(=O)Nc1ccc2c(c1)N(C)C(=O)CC2.Cl. The number of carbonyl (C=O) groups excluding carboxylic acids is 2. The van der Waals surface area contributed by atoms with Crippen LogP contribution in [0.5, 0.6) is 0 Å². The molecule has 1 aliphatic heterocycles. The van der Waals surface area contributed by atoms with Crippen LogP contribution in [0.1, 0.15) is 53.6 Å². The van der Waals surface area contributed by atoms with E-state index in [0.717, 1.165) is 49.1 Å². The van der Waals surface area contributed by atoms with Gasteiger partial charge in [0.05, 0.1) is 11.1 Å². The summed E-state index contributed by atoms with van der Waals surface area (Å²) in [6, 6.07) is 8.50. The Hall–Kier alpha value is -2.78. The highest BCUT2D eigenvalue weighted by Gasteiger charge is 2.33. The fraction of sp³-hybridized carbons (Fsp3) is 0.440. The lowest BCUT2D eigenvalue weighted by molar-refractivity contribution is -0.137. The van der Waals surface area contributed by atoms with E-state index in [-0.39, 0.29) is 41.6 Å². The van der Waals surface area contributed by atoms with Crippen molar-refractivity contribution in [1.29, 1.82) is 0 Å². The number of amides is 2. The Balaban J connectivity index is 0.00000342. The lowest BCUT2D eigenvalue weighted by atomic mass is 9.90. The highest BCUT2D eigenvalue weighted by atomic mass is 35.5. The number of alkyl halides is 3. The number of rotatable bonds is 5. The Labute approximate surface area is 209 Å². The van der Waals surface area contributed by atoms with Gasteiger partial charge in [0.15, 0.2) is 0 Å². The Kier molecular flexibility index (Phi) is 8.33. The lowest BCUT2D eigenvalue weighted by Crippen LogP contribution is -2.44. The van der Waals surface area contributed by atoms with Crippen molar-refractivity contribution in [2.75, 3.05) is 29.6 Å². The van der Waals surface area contributed by atoms with Crippen LogP contribution in [0.15, 0.2) is 36.4 Å². The number of fused-ring (bicyclic) bond motifs is 1. The van der Waals surface area contributed by atoms with Gasteiger partial charge in [-0.3, -0.25) is 9.59 Å². The van der Waals surface area contributed by atoms with Gasteiger partial charge in [0.1, 0.15) is 0 Å². The molecular formula is C25H30ClF3N4O2. The third-order valence-electron chi connectivity index (χ3n) is 6.76. The molecule has 6 nitrogen and oxygen atoms in total. The van der Waals surface area contributed by atoms with Gasteiger partial charge in [-0.2, -0.15) is 13.2 Å². The Morgan fingerprint density at radius 2 is 1.74 bits per heavy atom. The van der Waals surface area contributed by atoms with E-state index >= 15 is 0 Å².